The van der Waals surface area contributed by atoms with Gasteiger partial charge in [-0.15, -0.1) is 0 Å². The summed E-state index contributed by atoms with van der Waals surface area (Å²) >= 11 is 3.37. The van der Waals surface area contributed by atoms with Gasteiger partial charge < -0.3 is 4.74 Å². The van der Waals surface area contributed by atoms with Crippen LogP contribution in [0.3, 0.4) is 0 Å². The fourth-order valence-electron chi connectivity index (χ4n) is 1.51. The molecule has 0 atom stereocenters. The molecule has 0 radical (unpaired) electrons. The molecule has 94 valence electrons. The maximum atomic E-state index is 11.7. The van der Waals surface area contributed by atoms with Crippen LogP contribution >= 0.6 is 15.9 Å². The second kappa shape index (κ2) is 5.30. The predicted octanol–water partition coefficient (Wildman–Crippen LogP) is 2.51. The molecule has 0 amide bonds. The van der Waals surface area contributed by atoms with Crippen molar-refractivity contribution < 1.29 is 9.53 Å². The number of halogens is 1. The molecule has 2 aromatic rings. The lowest BCUT2D eigenvalue weighted by Crippen LogP contribution is -2.04. The molecule has 5 nitrogen and oxygen atoms in total. The predicted molar refractivity (Wildman–Crippen MR) is 69.8 cm³/mol. The van der Waals surface area contributed by atoms with Gasteiger partial charge in [0.2, 0.25) is 0 Å². The molecular weight excluding hydrogens is 298 g/mol. The number of hydrogen-bond donors (Lipinski definition) is 0. The third-order valence-corrected chi connectivity index (χ3v) is 2.83. The third kappa shape index (κ3) is 2.59. The number of aryl methyl sites for hydroxylation is 1. The summed E-state index contributed by atoms with van der Waals surface area (Å²) in [4.78, 5) is 15.9. The zero-order valence-electron chi connectivity index (χ0n) is 10.1. The molecule has 0 fully saturated rings. The van der Waals surface area contributed by atoms with E-state index in [-0.39, 0.29) is 5.97 Å². The first-order chi connectivity index (χ1) is 8.61. The number of carbonyl (C=O) groups excluding carboxylic acids is 1. The highest BCUT2D eigenvalue weighted by atomic mass is 79.9. The van der Waals surface area contributed by atoms with Gasteiger partial charge in [0.25, 0.3) is 0 Å². The van der Waals surface area contributed by atoms with Crippen molar-refractivity contribution in [3.8, 4) is 5.82 Å². The highest BCUT2D eigenvalue weighted by Crippen LogP contribution is 2.15. The van der Waals surface area contributed by atoms with Crippen LogP contribution in [0, 0.1) is 6.92 Å². The molecule has 0 aliphatic carbocycles. The minimum Gasteiger partial charge on any atom is -0.462 e. The molecule has 0 aliphatic heterocycles. The molecule has 0 saturated carbocycles. The van der Waals surface area contributed by atoms with Crippen molar-refractivity contribution in [2.24, 2.45) is 0 Å². The van der Waals surface area contributed by atoms with Crippen molar-refractivity contribution in [3.63, 3.8) is 0 Å². The molecule has 18 heavy (non-hydrogen) atoms. The highest BCUT2D eigenvalue weighted by Gasteiger charge is 2.15. The van der Waals surface area contributed by atoms with E-state index in [0.717, 1.165) is 4.47 Å². The number of hydrogen-bond acceptors (Lipinski definition) is 4. The maximum Gasteiger partial charge on any atom is 0.341 e. The Kier molecular flexibility index (Phi) is 3.76. The van der Waals surface area contributed by atoms with Crippen LogP contribution in [0.15, 0.2) is 29.0 Å². The van der Waals surface area contributed by atoms with Crippen LogP contribution < -0.4 is 0 Å². The lowest BCUT2D eigenvalue weighted by molar-refractivity contribution is 0.0525. The van der Waals surface area contributed by atoms with E-state index in [9.17, 15) is 4.79 Å². The van der Waals surface area contributed by atoms with Gasteiger partial charge in [0.1, 0.15) is 5.56 Å². The number of nitrogens with zero attached hydrogens (tertiary/aromatic N) is 3. The molecule has 2 rings (SSSR count). The van der Waals surface area contributed by atoms with Crippen LogP contribution in [0.4, 0.5) is 0 Å². The molecule has 2 heterocycles. The van der Waals surface area contributed by atoms with Gasteiger partial charge in [0.15, 0.2) is 5.82 Å². The molecule has 0 aliphatic rings. The van der Waals surface area contributed by atoms with E-state index in [0.29, 0.717) is 23.7 Å². The van der Waals surface area contributed by atoms with E-state index in [1.165, 1.54) is 0 Å². The molecule has 0 saturated heterocycles. The minimum absolute atomic E-state index is 0.346. The van der Waals surface area contributed by atoms with Crippen molar-refractivity contribution >= 4 is 21.9 Å². The Morgan fingerprint density at radius 1 is 1.56 bits per heavy atom. The van der Waals surface area contributed by atoms with Crippen molar-refractivity contribution in [1.82, 2.24) is 14.8 Å². The van der Waals surface area contributed by atoms with Gasteiger partial charge in [-0.2, -0.15) is 5.10 Å². The van der Waals surface area contributed by atoms with Gasteiger partial charge in [-0.3, -0.25) is 0 Å². The quantitative estimate of drug-likeness (QED) is 0.817. The van der Waals surface area contributed by atoms with Crippen molar-refractivity contribution in [1.29, 1.82) is 0 Å². The monoisotopic (exact) mass is 309 g/mol. The number of aromatic nitrogens is 3. The Morgan fingerprint density at radius 3 is 3.00 bits per heavy atom. The van der Waals surface area contributed by atoms with Crippen LogP contribution in [0.5, 0.6) is 0 Å². The summed E-state index contributed by atoms with van der Waals surface area (Å²) in [6.07, 6.45) is 3.29. The van der Waals surface area contributed by atoms with Gasteiger partial charge in [-0.1, -0.05) is 15.9 Å². The summed E-state index contributed by atoms with van der Waals surface area (Å²) in [6.45, 7) is 3.88. The van der Waals surface area contributed by atoms with Crippen LogP contribution in [0.2, 0.25) is 0 Å². The first-order valence-electron chi connectivity index (χ1n) is 5.47. The zero-order chi connectivity index (χ0) is 13.1. The fraction of sp³-hybridized carbons (Fsp3) is 0.250. The molecule has 0 spiro atoms. The standard InChI is InChI=1S/C12H12BrN3O2/c1-3-18-12(17)10-7-16(15-8(10)2)11-6-9(13)4-5-14-11/h4-7H,3H2,1-2H3. The summed E-state index contributed by atoms with van der Waals surface area (Å²) in [7, 11) is 0. The van der Waals surface area contributed by atoms with Gasteiger partial charge in [0, 0.05) is 16.9 Å². The Bertz CT molecular complexity index is 580. The van der Waals surface area contributed by atoms with Gasteiger partial charge in [0.05, 0.1) is 12.3 Å². The average Bonchev–Trinajstić information content (AvgIpc) is 2.72. The number of carbonyl (C=O) groups is 1. The van der Waals surface area contributed by atoms with Gasteiger partial charge in [-0.05, 0) is 26.0 Å². The van der Waals surface area contributed by atoms with Crippen LogP contribution in [0.25, 0.3) is 5.82 Å². The first-order valence-corrected chi connectivity index (χ1v) is 6.26. The molecule has 0 unspecified atom stereocenters. The van der Waals surface area contributed by atoms with Gasteiger partial charge in [-0.25, -0.2) is 14.5 Å². The average molecular weight is 310 g/mol. The SMILES string of the molecule is CCOC(=O)c1cn(-c2cc(Br)ccn2)nc1C. The van der Waals surface area contributed by atoms with Crippen molar-refractivity contribution in [2.75, 3.05) is 6.61 Å². The maximum absolute atomic E-state index is 11.7. The van der Waals surface area contributed by atoms with Crippen LogP contribution in [-0.2, 0) is 4.74 Å². The first kappa shape index (κ1) is 12.8. The van der Waals surface area contributed by atoms with Crippen LogP contribution in [-0.4, -0.2) is 27.3 Å². The van der Waals surface area contributed by atoms with E-state index in [4.69, 9.17) is 4.74 Å². The van der Waals surface area contributed by atoms with E-state index in [1.54, 1.807) is 30.9 Å². The number of ether oxygens (including phenoxy) is 1. The Labute approximate surface area is 113 Å². The number of pyridine rings is 1. The number of esters is 1. The Balaban J connectivity index is 2.37. The fourth-order valence-corrected chi connectivity index (χ4v) is 1.83. The second-order valence-electron chi connectivity index (χ2n) is 3.63. The summed E-state index contributed by atoms with van der Waals surface area (Å²) < 4.78 is 7.42. The van der Waals surface area contributed by atoms with Crippen LogP contribution in [0.1, 0.15) is 23.0 Å². The molecule has 0 bridgehead atoms. The van der Waals surface area contributed by atoms with Gasteiger partial charge >= 0.3 is 5.97 Å². The van der Waals surface area contributed by atoms with E-state index in [2.05, 4.69) is 26.0 Å². The zero-order valence-corrected chi connectivity index (χ0v) is 11.6. The topological polar surface area (TPSA) is 57.0 Å². The molecule has 2 aromatic heterocycles. The Hall–Kier alpha value is -1.69. The molecule has 0 aromatic carbocycles. The van der Waals surface area contributed by atoms with Crippen molar-refractivity contribution in [2.45, 2.75) is 13.8 Å². The highest BCUT2D eigenvalue weighted by molar-refractivity contribution is 9.10. The largest absolute Gasteiger partial charge is 0.462 e. The smallest absolute Gasteiger partial charge is 0.341 e. The molecule has 0 N–H and O–H groups in total. The second-order valence-corrected chi connectivity index (χ2v) is 4.54. The van der Waals surface area contributed by atoms with E-state index >= 15 is 0 Å². The third-order valence-electron chi connectivity index (χ3n) is 2.34. The van der Waals surface area contributed by atoms with E-state index < -0.39 is 0 Å². The summed E-state index contributed by atoms with van der Waals surface area (Å²) in [6, 6.07) is 3.65. The molecule has 6 heteroatoms. The number of rotatable bonds is 3. The summed E-state index contributed by atoms with van der Waals surface area (Å²) in [5, 5.41) is 4.26. The molecular formula is C12H12BrN3O2. The minimum atomic E-state index is -0.365. The normalized spacial score (nSPS) is 10.4. The van der Waals surface area contributed by atoms with E-state index in [1.807, 2.05) is 12.1 Å². The summed E-state index contributed by atoms with van der Waals surface area (Å²) in [5.74, 6) is 0.277. The Morgan fingerprint density at radius 2 is 2.33 bits per heavy atom. The van der Waals surface area contributed by atoms with Crippen molar-refractivity contribution in [3.05, 3.63) is 40.3 Å². The lowest BCUT2D eigenvalue weighted by atomic mass is 10.3. The lowest BCUT2D eigenvalue weighted by Gasteiger charge is -1.99. The summed E-state index contributed by atoms with van der Waals surface area (Å²) in [5.41, 5.74) is 1.08.